The summed E-state index contributed by atoms with van der Waals surface area (Å²) >= 11 is 0. The molecule has 4 rings (SSSR count). The van der Waals surface area contributed by atoms with Gasteiger partial charge < -0.3 is 10.1 Å². The number of hydrogen-bond donors (Lipinski definition) is 1. The van der Waals surface area contributed by atoms with E-state index in [0.717, 1.165) is 0 Å². The highest BCUT2D eigenvalue weighted by atomic mass is 19.1. The number of pyridine rings is 1. The molecule has 0 radical (unpaired) electrons. The lowest BCUT2D eigenvalue weighted by molar-refractivity contribution is 0.0962. The largest absolute Gasteiger partial charge is 0.494 e. The van der Waals surface area contributed by atoms with Crippen LogP contribution in [-0.2, 0) is 6.54 Å². The minimum absolute atomic E-state index is 0.0363. The monoisotopic (exact) mass is 326 g/mol. The highest BCUT2D eigenvalue weighted by Gasteiger charge is 2.27. The number of benzene rings is 2. The number of carbonyl (C=O) groups is 1. The van der Waals surface area contributed by atoms with E-state index >= 15 is 0 Å². The summed E-state index contributed by atoms with van der Waals surface area (Å²) in [5.74, 6) is -1.54. The molecule has 6 heteroatoms. The third-order valence-electron chi connectivity index (χ3n) is 4.14. The molecule has 3 aromatic rings. The molecule has 0 spiro atoms. The van der Waals surface area contributed by atoms with Gasteiger partial charge in [-0.05, 0) is 12.1 Å². The van der Waals surface area contributed by atoms with E-state index in [4.69, 9.17) is 4.74 Å². The van der Waals surface area contributed by atoms with Crippen LogP contribution >= 0.6 is 0 Å². The summed E-state index contributed by atoms with van der Waals surface area (Å²) in [7, 11) is 1.38. The Bertz CT molecular complexity index is 1000. The van der Waals surface area contributed by atoms with Crippen LogP contribution in [0.15, 0.2) is 36.4 Å². The normalized spacial score (nSPS) is 13.0. The second kappa shape index (κ2) is 5.26. The van der Waals surface area contributed by atoms with Crippen molar-refractivity contribution in [3.05, 3.63) is 59.3 Å². The van der Waals surface area contributed by atoms with E-state index in [0.29, 0.717) is 16.8 Å². The van der Waals surface area contributed by atoms with Crippen LogP contribution in [0, 0.1) is 11.6 Å². The summed E-state index contributed by atoms with van der Waals surface area (Å²) in [4.78, 5) is 16.2. The third kappa shape index (κ3) is 1.96. The number of aromatic nitrogens is 1. The number of methoxy groups -OCH3 is 1. The minimum atomic E-state index is -0.629. The standard InChI is InChI=1S/C18H12F2N2O2/c1-24-13-7-3-4-9(15(13)19)10-5-2-6-11-16(20)14-12(22-17(10)11)8-21-18(14)23/h2-7H,8H2,1H3,(H,21,23). The molecule has 0 fully saturated rings. The zero-order valence-electron chi connectivity index (χ0n) is 12.7. The van der Waals surface area contributed by atoms with Crippen LogP contribution in [0.3, 0.4) is 0 Å². The zero-order chi connectivity index (χ0) is 16.8. The Balaban J connectivity index is 2.05. The van der Waals surface area contributed by atoms with Gasteiger partial charge in [0.05, 0.1) is 30.4 Å². The molecule has 0 saturated heterocycles. The van der Waals surface area contributed by atoms with Crippen molar-refractivity contribution in [3.63, 3.8) is 0 Å². The average molecular weight is 326 g/mol. The molecule has 0 saturated carbocycles. The molecule has 1 N–H and O–H groups in total. The first kappa shape index (κ1) is 14.6. The number of para-hydroxylation sites is 1. The fourth-order valence-electron chi connectivity index (χ4n) is 3.00. The molecule has 1 aliphatic heterocycles. The van der Waals surface area contributed by atoms with Crippen molar-refractivity contribution in [2.75, 3.05) is 7.11 Å². The lowest BCUT2D eigenvalue weighted by Gasteiger charge is -2.11. The van der Waals surface area contributed by atoms with Gasteiger partial charge in [-0.3, -0.25) is 4.79 Å². The van der Waals surface area contributed by atoms with Crippen molar-refractivity contribution in [1.82, 2.24) is 10.3 Å². The number of amides is 1. The molecule has 1 aliphatic rings. The van der Waals surface area contributed by atoms with Crippen LogP contribution in [0.5, 0.6) is 5.75 Å². The fourth-order valence-corrected chi connectivity index (χ4v) is 3.00. The first-order valence-corrected chi connectivity index (χ1v) is 7.34. The molecule has 0 aliphatic carbocycles. The van der Waals surface area contributed by atoms with Crippen LogP contribution in [0.4, 0.5) is 8.78 Å². The molecule has 4 nitrogen and oxygen atoms in total. The molecule has 24 heavy (non-hydrogen) atoms. The lowest BCUT2D eigenvalue weighted by Crippen LogP contribution is -2.13. The average Bonchev–Trinajstić information content (AvgIpc) is 2.96. The van der Waals surface area contributed by atoms with Gasteiger partial charge in [-0.25, -0.2) is 13.8 Å². The van der Waals surface area contributed by atoms with Crippen molar-refractivity contribution in [1.29, 1.82) is 0 Å². The van der Waals surface area contributed by atoms with Crippen LogP contribution in [0.2, 0.25) is 0 Å². The van der Waals surface area contributed by atoms with E-state index in [9.17, 15) is 13.6 Å². The van der Waals surface area contributed by atoms with E-state index in [1.165, 1.54) is 19.2 Å². The summed E-state index contributed by atoms with van der Waals surface area (Å²) in [6.07, 6.45) is 0. The van der Waals surface area contributed by atoms with Crippen molar-refractivity contribution in [2.24, 2.45) is 0 Å². The Morgan fingerprint density at radius 1 is 1.08 bits per heavy atom. The van der Waals surface area contributed by atoms with Crippen molar-refractivity contribution in [3.8, 4) is 16.9 Å². The quantitative estimate of drug-likeness (QED) is 0.785. The van der Waals surface area contributed by atoms with Gasteiger partial charge in [0.25, 0.3) is 5.91 Å². The van der Waals surface area contributed by atoms with Gasteiger partial charge in [-0.1, -0.05) is 24.3 Å². The number of carbonyl (C=O) groups excluding carboxylic acids is 1. The van der Waals surface area contributed by atoms with Gasteiger partial charge in [0.15, 0.2) is 11.6 Å². The molecule has 1 amide bonds. The minimum Gasteiger partial charge on any atom is -0.494 e. The summed E-state index contributed by atoms with van der Waals surface area (Å²) in [6.45, 7) is 0.163. The van der Waals surface area contributed by atoms with E-state index in [-0.39, 0.29) is 28.8 Å². The van der Waals surface area contributed by atoms with Gasteiger partial charge >= 0.3 is 0 Å². The van der Waals surface area contributed by atoms with Crippen LogP contribution < -0.4 is 10.1 Å². The second-order valence-electron chi connectivity index (χ2n) is 5.45. The molecule has 2 heterocycles. The molecule has 0 atom stereocenters. The predicted molar refractivity (Wildman–Crippen MR) is 84.8 cm³/mol. The Morgan fingerprint density at radius 2 is 1.83 bits per heavy atom. The number of nitrogens with zero attached hydrogens (tertiary/aromatic N) is 1. The molecule has 120 valence electrons. The van der Waals surface area contributed by atoms with Crippen molar-refractivity contribution in [2.45, 2.75) is 6.54 Å². The number of rotatable bonds is 2. The highest BCUT2D eigenvalue weighted by Crippen LogP contribution is 2.35. The molecule has 2 aromatic carbocycles. The van der Waals surface area contributed by atoms with Crippen LogP contribution in [0.25, 0.3) is 22.0 Å². The number of halogens is 2. The molecule has 0 unspecified atom stereocenters. The van der Waals surface area contributed by atoms with E-state index in [1.54, 1.807) is 24.3 Å². The maximum atomic E-state index is 14.7. The Labute approximate surface area is 136 Å². The van der Waals surface area contributed by atoms with Gasteiger partial charge in [0.1, 0.15) is 5.82 Å². The molecule has 0 bridgehead atoms. The van der Waals surface area contributed by atoms with Gasteiger partial charge in [0, 0.05) is 16.5 Å². The van der Waals surface area contributed by atoms with E-state index < -0.39 is 17.5 Å². The topological polar surface area (TPSA) is 51.2 Å². The number of nitrogens with one attached hydrogen (secondary N) is 1. The maximum Gasteiger partial charge on any atom is 0.256 e. The van der Waals surface area contributed by atoms with E-state index in [1.807, 2.05) is 0 Å². The lowest BCUT2D eigenvalue weighted by atomic mass is 9.99. The Kier molecular flexibility index (Phi) is 3.19. The van der Waals surface area contributed by atoms with Gasteiger partial charge in [-0.15, -0.1) is 0 Å². The summed E-state index contributed by atoms with van der Waals surface area (Å²) < 4.78 is 34.4. The molecular weight excluding hydrogens is 314 g/mol. The fraction of sp³-hybridized carbons (Fsp3) is 0.111. The van der Waals surface area contributed by atoms with Crippen molar-refractivity contribution < 1.29 is 18.3 Å². The molecule has 1 aromatic heterocycles. The van der Waals surface area contributed by atoms with Crippen molar-refractivity contribution >= 4 is 16.8 Å². The van der Waals surface area contributed by atoms with Gasteiger partial charge in [0.2, 0.25) is 0 Å². The number of ether oxygens (including phenoxy) is 1. The summed E-state index contributed by atoms with van der Waals surface area (Å²) in [5.41, 5.74) is 1.33. The second-order valence-corrected chi connectivity index (χ2v) is 5.45. The predicted octanol–water partition coefficient (Wildman–Crippen LogP) is 3.43. The first-order valence-electron chi connectivity index (χ1n) is 7.34. The zero-order valence-corrected chi connectivity index (χ0v) is 12.7. The van der Waals surface area contributed by atoms with E-state index in [2.05, 4.69) is 10.3 Å². The summed E-state index contributed by atoms with van der Waals surface area (Å²) in [6, 6.07) is 9.57. The third-order valence-corrected chi connectivity index (χ3v) is 4.14. The van der Waals surface area contributed by atoms with Crippen LogP contribution in [0.1, 0.15) is 16.1 Å². The molecular formula is C18H12F2N2O2. The Morgan fingerprint density at radius 3 is 2.62 bits per heavy atom. The smallest absolute Gasteiger partial charge is 0.256 e. The number of fused-ring (bicyclic) bond motifs is 2. The Hall–Kier alpha value is -3.02. The maximum absolute atomic E-state index is 14.7. The SMILES string of the molecule is COc1cccc(-c2cccc3c(F)c4c(nc23)CNC4=O)c1F. The van der Waals surface area contributed by atoms with Crippen LogP contribution in [-0.4, -0.2) is 18.0 Å². The number of hydrogen-bond acceptors (Lipinski definition) is 3. The summed E-state index contributed by atoms with van der Waals surface area (Å²) in [5, 5.41) is 2.74. The van der Waals surface area contributed by atoms with Gasteiger partial charge in [-0.2, -0.15) is 0 Å². The first-order chi connectivity index (χ1) is 11.6. The highest BCUT2D eigenvalue weighted by molar-refractivity contribution is 6.03.